The number of rotatable bonds is 0. The SMILES string of the molecule is C[C@@H]1C=C[C@H](C)[C@@]23CCc4ccccc4[C@]12COC3. The van der Waals surface area contributed by atoms with Crippen molar-refractivity contribution in [3.63, 3.8) is 0 Å². The van der Waals surface area contributed by atoms with E-state index in [4.69, 9.17) is 4.74 Å². The zero-order chi connectivity index (χ0) is 13.1. The molecule has 1 heterocycles. The maximum Gasteiger partial charge on any atom is 0.0575 e. The molecular formula is C18H22O. The predicted octanol–water partition coefficient (Wildman–Crippen LogP) is 3.73. The minimum Gasteiger partial charge on any atom is -0.380 e. The van der Waals surface area contributed by atoms with E-state index < -0.39 is 0 Å². The minimum absolute atomic E-state index is 0.218. The molecule has 1 aromatic rings. The summed E-state index contributed by atoms with van der Waals surface area (Å²) in [6.45, 7) is 6.62. The van der Waals surface area contributed by atoms with Gasteiger partial charge in [0.2, 0.25) is 0 Å². The highest BCUT2D eigenvalue weighted by Crippen LogP contribution is 2.63. The van der Waals surface area contributed by atoms with Gasteiger partial charge in [-0.15, -0.1) is 0 Å². The average Bonchev–Trinajstić information content (AvgIpc) is 2.86. The summed E-state index contributed by atoms with van der Waals surface area (Å²) in [5, 5.41) is 0. The van der Waals surface area contributed by atoms with Crippen LogP contribution in [0.25, 0.3) is 0 Å². The number of benzene rings is 1. The van der Waals surface area contributed by atoms with E-state index in [1.807, 2.05) is 0 Å². The number of allylic oxidation sites excluding steroid dienone is 2. The van der Waals surface area contributed by atoms with E-state index in [2.05, 4.69) is 50.3 Å². The molecule has 1 aromatic carbocycles. The van der Waals surface area contributed by atoms with Crippen molar-refractivity contribution in [1.29, 1.82) is 0 Å². The Morgan fingerprint density at radius 1 is 1.05 bits per heavy atom. The summed E-state index contributed by atoms with van der Waals surface area (Å²) in [7, 11) is 0. The monoisotopic (exact) mass is 254 g/mol. The van der Waals surface area contributed by atoms with Crippen molar-refractivity contribution < 1.29 is 4.74 Å². The van der Waals surface area contributed by atoms with Crippen molar-refractivity contribution in [1.82, 2.24) is 0 Å². The van der Waals surface area contributed by atoms with E-state index in [9.17, 15) is 0 Å². The molecule has 0 amide bonds. The summed E-state index contributed by atoms with van der Waals surface area (Å²) in [6, 6.07) is 9.07. The van der Waals surface area contributed by atoms with Crippen LogP contribution in [-0.4, -0.2) is 13.2 Å². The molecule has 0 aromatic heterocycles. The van der Waals surface area contributed by atoms with E-state index in [0.29, 0.717) is 17.3 Å². The second-order valence-corrected chi connectivity index (χ2v) is 6.74. The Hall–Kier alpha value is -1.08. The standard InChI is InChI=1S/C18H22O/c1-13-7-8-14(2)18-12-19-11-17(13,18)10-9-15-5-3-4-6-16(15)18/h3-8,13-14H,9-12H2,1-2H3/t13-,14+,17-,18-/m0/s1. The molecular weight excluding hydrogens is 232 g/mol. The lowest BCUT2D eigenvalue weighted by Crippen LogP contribution is -2.56. The molecule has 0 saturated carbocycles. The smallest absolute Gasteiger partial charge is 0.0575 e. The Balaban J connectivity index is 2.02. The topological polar surface area (TPSA) is 9.23 Å². The molecule has 1 saturated heterocycles. The number of hydrogen-bond acceptors (Lipinski definition) is 1. The Morgan fingerprint density at radius 2 is 1.84 bits per heavy atom. The quantitative estimate of drug-likeness (QED) is 0.641. The summed E-state index contributed by atoms with van der Waals surface area (Å²) in [4.78, 5) is 0. The molecule has 3 aliphatic rings. The van der Waals surface area contributed by atoms with Gasteiger partial charge in [0.15, 0.2) is 0 Å². The van der Waals surface area contributed by atoms with Crippen LogP contribution in [0.3, 0.4) is 0 Å². The van der Waals surface area contributed by atoms with Crippen molar-refractivity contribution >= 4 is 0 Å². The zero-order valence-corrected chi connectivity index (χ0v) is 11.9. The highest BCUT2D eigenvalue weighted by Gasteiger charge is 2.63. The molecule has 1 nitrogen and oxygen atoms in total. The average molecular weight is 254 g/mol. The molecule has 4 rings (SSSR count). The van der Waals surface area contributed by atoms with Crippen LogP contribution in [0.15, 0.2) is 36.4 Å². The van der Waals surface area contributed by atoms with Gasteiger partial charge in [0.05, 0.1) is 13.2 Å². The van der Waals surface area contributed by atoms with Gasteiger partial charge in [0, 0.05) is 10.8 Å². The lowest BCUT2D eigenvalue weighted by molar-refractivity contribution is 0.0534. The normalized spacial score (nSPS) is 43.5. The lowest BCUT2D eigenvalue weighted by Gasteiger charge is -2.56. The molecule has 1 heteroatoms. The lowest BCUT2D eigenvalue weighted by atomic mass is 9.46. The zero-order valence-electron chi connectivity index (χ0n) is 11.9. The van der Waals surface area contributed by atoms with Crippen LogP contribution in [-0.2, 0) is 16.6 Å². The molecule has 1 fully saturated rings. The Kier molecular flexibility index (Phi) is 2.30. The minimum atomic E-state index is 0.218. The summed E-state index contributed by atoms with van der Waals surface area (Å²) < 4.78 is 6.08. The molecule has 1 aliphatic heterocycles. The van der Waals surface area contributed by atoms with Gasteiger partial charge in [-0.3, -0.25) is 0 Å². The van der Waals surface area contributed by atoms with Crippen molar-refractivity contribution in [3.8, 4) is 0 Å². The third-order valence-electron chi connectivity index (χ3n) is 6.25. The van der Waals surface area contributed by atoms with Gasteiger partial charge < -0.3 is 4.74 Å². The Morgan fingerprint density at radius 3 is 2.74 bits per heavy atom. The highest BCUT2D eigenvalue weighted by atomic mass is 16.5. The predicted molar refractivity (Wildman–Crippen MR) is 77.2 cm³/mol. The summed E-state index contributed by atoms with van der Waals surface area (Å²) in [5.74, 6) is 1.20. The second-order valence-electron chi connectivity index (χ2n) is 6.74. The Bertz CT molecular complexity index is 546. The van der Waals surface area contributed by atoms with Crippen LogP contribution in [0.2, 0.25) is 0 Å². The van der Waals surface area contributed by atoms with Gasteiger partial charge in [-0.25, -0.2) is 0 Å². The summed E-state index contributed by atoms with van der Waals surface area (Å²) in [6.07, 6.45) is 7.36. The van der Waals surface area contributed by atoms with Gasteiger partial charge in [-0.2, -0.15) is 0 Å². The fraction of sp³-hybridized carbons (Fsp3) is 0.556. The van der Waals surface area contributed by atoms with Crippen LogP contribution in [0.1, 0.15) is 31.4 Å². The first-order valence-electron chi connectivity index (χ1n) is 7.55. The van der Waals surface area contributed by atoms with E-state index in [1.54, 1.807) is 11.1 Å². The first kappa shape index (κ1) is 11.7. The molecule has 0 radical (unpaired) electrons. The fourth-order valence-electron chi connectivity index (χ4n) is 5.12. The van der Waals surface area contributed by atoms with Crippen LogP contribution in [0.4, 0.5) is 0 Å². The molecule has 0 N–H and O–H groups in total. The summed E-state index contributed by atoms with van der Waals surface area (Å²) in [5.41, 5.74) is 3.67. The molecule has 0 unspecified atom stereocenters. The van der Waals surface area contributed by atoms with Gasteiger partial charge >= 0.3 is 0 Å². The Labute approximate surface area is 115 Å². The molecule has 0 spiro atoms. The van der Waals surface area contributed by atoms with Gasteiger partial charge in [-0.05, 0) is 35.8 Å². The van der Waals surface area contributed by atoms with Crippen LogP contribution in [0.5, 0.6) is 0 Å². The van der Waals surface area contributed by atoms with Crippen LogP contribution >= 0.6 is 0 Å². The largest absolute Gasteiger partial charge is 0.380 e. The van der Waals surface area contributed by atoms with Crippen LogP contribution in [0, 0.1) is 17.3 Å². The van der Waals surface area contributed by atoms with E-state index in [0.717, 1.165) is 13.2 Å². The molecule has 0 bridgehead atoms. The first-order chi connectivity index (χ1) is 9.21. The molecule has 100 valence electrons. The maximum atomic E-state index is 6.08. The van der Waals surface area contributed by atoms with E-state index >= 15 is 0 Å². The van der Waals surface area contributed by atoms with Crippen molar-refractivity contribution in [2.45, 2.75) is 32.1 Å². The first-order valence-corrected chi connectivity index (χ1v) is 7.55. The number of ether oxygens (including phenoxy) is 1. The van der Waals surface area contributed by atoms with E-state index in [-0.39, 0.29) is 5.41 Å². The van der Waals surface area contributed by atoms with Crippen molar-refractivity contribution in [3.05, 3.63) is 47.5 Å². The number of aryl methyl sites for hydroxylation is 1. The maximum absolute atomic E-state index is 6.08. The van der Waals surface area contributed by atoms with Gasteiger partial charge in [0.1, 0.15) is 0 Å². The summed E-state index contributed by atoms with van der Waals surface area (Å²) >= 11 is 0. The second kappa shape index (κ2) is 3.73. The van der Waals surface area contributed by atoms with Gasteiger partial charge in [0.25, 0.3) is 0 Å². The third kappa shape index (κ3) is 1.20. The van der Waals surface area contributed by atoms with E-state index in [1.165, 1.54) is 12.8 Å². The molecule has 2 aliphatic carbocycles. The third-order valence-corrected chi connectivity index (χ3v) is 6.25. The highest BCUT2D eigenvalue weighted by molar-refractivity contribution is 5.45. The van der Waals surface area contributed by atoms with Gasteiger partial charge in [-0.1, -0.05) is 50.3 Å². The van der Waals surface area contributed by atoms with Crippen LogP contribution < -0.4 is 0 Å². The number of fused-ring (bicyclic) bond motifs is 1. The number of hydrogen-bond donors (Lipinski definition) is 0. The van der Waals surface area contributed by atoms with Crippen molar-refractivity contribution in [2.75, 3.05) is 13.2 Å². The fourth-order valence-corrected chi connectivity index (χ4v) is 5.12. The van der Waals surface area contributed by atoms with Crippen molar-refractivity contribution in [2.24, 2.45) is 17.3 Å². The molecule has 19 heavy (non-hydrogen) atoms. The molecule has 4 atom stereocenters.